The fourth-order valence-electron chi connectivity index (χ4n) is 3.21. The minimum Gasteiger partial charge on any atom is -0.309 e. The third-order valence-corrected chi connectivity index (χ3v) is 6.13. The van der Waals surface area contributed by atoms with Gasteiger partial charge in [-0.2, -0.15) is 0 Å². The molecule has 0 saturated heterocycles. The minimum atomic E-state index is -0.730. The molecule has 1 N–H and O–H groups in total. The highest BCUT2D eigenvalue weighted by Gasteiger charge is 2.35. The molecule has 2 nitrogen and oxygen atoms in total. The average molecular weight is 293 g/mol. The Morgan fingerprint density at radius 2 is 1.90 bits per heavy atom. The second kappa shape index (κ2) is 7.37. The third kappa shape index (κ3) is 3.32. The zero-order chi connectivity index (χ0) is 14.5. The van der Waals surface area contributed by atoms with Gasteiger partial charge in [0.15, 0.2) is 0 Å². The molecule has 1 aromatic carbocycles. The van der Waals surface area contributed by atoms with E-state index < -0.39 is 10.8 Å². The molecule has 3 heteroatoms. The summed E-state index contributed by atoms with van der Waals surface area (Å²) in [6, 6.07) is 8.94. The lowest BCUT2D eigenvalue weighted by Crippen LogP contribution is -2.40. The average Bonchev–Trinajstić information content (AvgIpc) is 2.46. The van der Waals surface area contributed by atoms with Crippen LogP contribution in [-0.4, -0.2) is 21.8 Å². The van der Waals surface area contributed by atoms with Gasteiger partial charge in [0.2, 0.25) is 0 Å². The van der Waals surface area contributed by atoms with Gasteiger partial charge in [0.1, 0.15) is 0 Å². The summed E-state index contributed by atoms with van der Waals surface area (Å²) in [5.74, 6) is 1.33. The zero-order valence-electron chi connectivity index (χ0n) is 12.9. The topological polar surface area (TPSA) is 29.1 Å². The Balaban J connectivity index is 2.31. The number of fused-ring (bicyclic) bond motifs is 1. The molecule has 0 fully saturated rings. The molecule has 1 aliphatic rings. The highest BCUT2D eigenvalue weighted by molar-refractivity contribution is 7.85. The minimum absolute atomic E-state index is 0.256. The van der Waals surface area contributed by atoms with Crippen LogP contribution >= 0.6 is 0 Å². The van der Waals surface area contributed by atoms with Gasteiger partial charge in [-0.3, -0.25) is 4.21 Å². The van der Waals surface area contributed by atoms with E-state index >= 15 is 0 Å². The standard InChI is InChI=1S/C17H27NOS/c1-4-10-18-17-15-9-7-6-8-14(15)13(3)12-16(17)20(19)11-5-2/h6-9,13,16-18H,4-5,10-12H2,1-3H3. The van der Waals surface area contributed by atoms with Crippen molar-refractivity contribution in [2.75, 3.05) is 12.3 Å². The lowest BCUT2D eigenvalue weighted by atomic mass is 9.80. The van der Waals surface area contributed by atoms with Crippen LogP contribution in [0.2, 0.25) is 0 Å². The highest BCUT2D eigenvalue weighted by Crippen LogP contribution is 2.39. The van der Waals surface area contributed by atoms with Gasteiger partial charge in [-0.05, 0) is 42.9 Å². The molecule has 0 bridgehead atoms. The van der Waals surface area contributed by atoms with E-state index in [0.29, 0.717) is 5.92 Å². The normalized spacial score (nSPS) is 27.1. The van der Waals surface area contributed by atoms with Crippen molar-refractivity contribution in [1.29, 1.82) is 0 Å². The second-order valence-electron chi connectivity index (χ2n) is 5.82. The molecule has 2 rings (SSSR count). The number of rotatable bonds is 6. The van der Waals surface area contributed by atoms with Crippen molar-refractivity contribution in [3.63, 3.8) is 0 Å². The highest BCUT2D eigenvalue weighted by atomic mass is 32.2. The van der Waals surface area contributed by atoms with Gasteiger partial charge in [0, 0.05) is 22.6 Å². The Hall–Kier alpha value is -0.670. The second-order valence-corrected chi connectivity index (χ2v) is 7.60. The first kappa shape index (κ1) is 15.7. The van der Waals surface area contributed by atoms with E-state index in [4.69, 9.17) is 0 Å². The van der Waals surface area contributed by atoms with Crippen LogP contribution in [0.15, 0.2) is 24.3 Å². The molecule has 4 atom stereocenters. The molecule has 0 aromatic heterocycles. The van der Waals surface area contributed by atoms with Crippen molar-refractivity contribution in [2.45, 2.75) is 57.2 Å². The van der Waals surface area contributed by atoms with E-state index in [9.17, 15) is 4.21 Å². The number of nitrogens with one attached hydrogen (secondary N) is 1. The van der Waals surface area contributed by atoms with Gasteiger partial charge in [0.05, 0.1) is 5.25 Å². The van der Waals surface area contributed by atoms with Gasteiger partial charge >= 0.3 is 0 Å². The molecule has 4 unspecified atom stereocenters. The molecule has 0 amide bonds. The van der Waals surface area contributed by atoms with E-state index in [0.717, 1.165) is 31.6 Å². The van der Waals surface area contributed by atoms with Crippen LogP contribution in [0.1, 0.15) is 63.1 Å². The number of hydrogen-bond acceptors (Lipinski definition) is 2. The predicted octanol–water partition coefficient (Wildman–Crippen LogP) is 3.76. The van der Waals surface area contributed by atoms with Crippen molar-refractivity contribution in [3.8, 4) is 0 Å². The first-order valence-electron chi connectivity index (χ1n) is 7.88. The molecule has 0 saturated carbocycles. The first-order valence-corrected chi connectivity index (χ1v) is 9.26. The van der Waals surface area contributed by atoms with Gasteiger partial charge in [0.25, 0.3) is 0 Å². The Kier molecular flexibility index (Phi) is 5.79. The van der Waals surface area contributed by atoms with Crippen molar-refractivity contribution in [2.24, 2.45) is 0 Å². The SMILES string of the molecule is CCCNC1c2ccccc2C(C)CC1S(=O)CCC. The van der Waals surface area contributed by atoms with E-state index in [-0.39, 0.29) is 11.3 Å². The predicted molar refractivity (Wildman–Crippen MR) is 87.6 cm³/mol. The molecule has 20 heavy (non-hydrogen) atoms. The van der Waals surface area contributed by atoms with Crippen LogP contribution in [0.3, 0.4) is 0 Å². The molecule has 0 heterocycles. The molecular formula is C17H27NOS. The summed E-state index contributed by atoms with van der Waals surface area (Å²) >= 11 is 0. The summed E-state index contributed by atoms with van der Waals surface area (Å²) in [7, 11) is -0.730. The maximum atomic E-state index is 12.6. The molecule has 1 aliphatic carbocycles. The Morgan fingerprint density at radius 1 is 1.20 bits per heavy atom. The largest absolute Gasteiger partial charge is 0.309 e. The molecular weight excluding hydrogens is 266 g/mol. The van der Waals surface area contributed by atoms with Crippen LogP contribution in [0.5, 0.6) is 0 Å². The van der Waals surface area contributed by atoms with E-state index in [1.165, 1.54) is 11.1 Å². The molecule has 0 spiro atoms. The maximum Gasteiger partial charge on any atom is 0.0548 e. The van der Waals surface area contributed by atoms with Crippen LogP contribution in [0.4, 0.5) is 0 Å². The maximum absolute atomic E-state index is 12.6. The monoisotopic (exact) mass is 293 g/mol. The summed E-state index contributed by atoms with van der Waals surface area (Å²) in [6.45, 7) is 7.56. The van der Waals surface area contributed by atoms with Crippen LogP contribution < -0.4 is 5.32 Å². The van der Waals surface area contributed by atoms with Crippen molar-refractivity contribution >= 4 is 10.8 Å². The number of hydrogen-bond donors (Lipinski definition) is 1. The quantitative estimate of drug-likeness (QED) is 0.865. The molecule has 0 radical (unpaired) electrons. The van der Waals surface area contributed by atoms with Crippen molar-refractivity contribution in [1.82, 2.24) is 5.32 Å². The lowest BCUT2D eigenvalue weighted by Gasteiger charge is -2.37. The van der Waals surface area contributed by atoms with Crippen LogP contribution in [0, 0.1) is 0 Å². The van der Waals surface area contributed by atoms with Gasteiger partial charge in [-0.1, -0.05) is 45.0 Å². The van der Waals surface area contributed by atoms with Crippen molar-refractivity contribution < 1.29 is 4.21 Å². The lowest BCUT2D eigenvalue weighted by molar-refractivity contribution is 0.436. The first-order chi connectivity index (χ1) is 9.69. The van der Waals surface area contributed by atoms with Gasteiger partial charge < -0.3 is 5.32 Å². The molecule has 112 valence electrons. The summed E-state index contributed by atoms with van der Waals surface area (Å²) in [5.41, 5.74) is 2.81. The Morgan fingerprint density at radius 3 is 2.55 bits per heavy atom. The number of benzene rings is 1. The summed E-state index contributed by atoms with van der Waals surface area (Å²) < 4.78 is 12.6. The Bertz CT molecular complexity index is 460. The fourth-order valence-corrected chi connectivity index (χ4v) is 4.96. The molecule has 1 aromatic rings. The van der Waals surface area contributed by atoms with Gasteiger partial charge in [-0.15, -0.1) is 0 Å². The van der Waals surface area contributed by atoms with E-state index in [2.05, 4.69) is 50.4 Å². The molecule has 0 aliphatic heterocycles. The van der Waals surface area contributed by atoms with Crippen LogP contribution in [-0.2, 0) is 10.8 Å². The summed E-state index contributed by atoms with van der Waals surface area (Å²) in [4.78, 5) is 0. The summed E-state index contributed by atoms with van der Waals surface area (Å²) in [6.07, 6.45) is 3.14. The van der Waals surface area contributed by atoms with E-state index in [1.807, 2.05) is 0 Å². The third-order valence-electron chi connectivity index (χ3n) is 4.18. The van der Waals surface area contributed by atoms with E-state index in [1.54, 1.807) is 0 Å². The van der Waals surface area contributed by atoms with Crippen LogP contribution in [0.25, 0.3) is 0 Å². The van der Waals surface area contributed by atoms with Crippen molar-refractivity contribution in [3.05, 3.63) is 35.4 Å². The smallest absolute Gasteiger partial charge is 0.0548 e. The van der Waals surface area contributed by atoms with Gasteiger partial charge in [-0.25, -0.2) is 0 Å². The zero-order valence-corrected chi connectivity index (χ0v) is 13.7. The Labute approximate surface area is 125 Å². The fraction of sp³-hybridized carbons (Fsp3) is 0.647. The summed E-state index contributed by atoms with van der Waals surface area (Å²) in [5, 5.41) is 3.90.